The lowest BCUT2D eigenvalue weighted by atomic mass is 9.71. The van der Waals surface area contributed by atoms with Crippen LogP contribution >= 0.6 is 0 Å². The van der Waals surface area contributed by atoms with Crippen LogP contribution < -0.4 is 4.90 Å². The molecule has 1 aliphatic carbocycles. The molecule has 1 spiro atoms. The Hall–Kier alpha value is -1.17. The molecule has 3 heterocycles. The number of tetrazole rings is 1. The van der Waals surface area contributed by atoms with Gasteiger partial charge in [0.15, 0.2) is 0 Å². The first-order valence-electron chi connectivity index (χ1n) is 7.37. The third-order valence-corrected chi connectivity index (χ3v) is 5.49. The van der Waals surface area contributed by atoms with Crippen molar-refractivity contribution in [3.63, 3.8) is 0 Å². The minimum Gasteiger partial charge on any atom is -0.381 e. The summed E-state index contributed by atoms with van der Waals surface area (Å²) in [5, 5.41) is 12.0. The Labute approximate surface area is 113 Å². The van der Waals surface area contributed by atoms with Crippen LogP contribution in [0.5, 0.6) is 0 Å². The monoisotopic (exact) mass is 263 g/mol. The average molecular weight is 263 g/mol. The lowest BCUT2D eigenvalue weighted by molar-refractivity contribution is 0.00154. The highest BCUT2D eigenvalue weighted by molar-refractivity contribution is 5.36. The number of nitrogens with zero attached hydrogens (tertiary/aromatic N) is 5. The molecule has 1 aromatic heterocycles. The topological polar surface area (TPSA) is 56.1 Å². The molecule has 104 valence electrons. The summed E-state index contributed by atoms with van der Waals surface area (Å²) in [6.07, 6.45) is 6.41. The Bertz CT molecular complexity index is 467. The molecule has 0 radical (unpaired) electrons. The predicted octanol–water partition coefficient (Wildman–Crippen LogP) is 0.996. The number of ether oxygens (including phenoxy) is 1. The largest absolute Gasteiger partial charge is 0.381 e. The van der Waals surface area contributed by atoms with Crippen molar-refractivity contribution < 1.29 is 4.74 Å². The fraction of sp³-hybridized carbons (Fsp3) is 0.923. The normalized spacial score (nSPS) is 33.0. The molecule has 0 aromatic carbocycles. The first-order valence-corrected chi connectivity index (χ1v) is 7.37. The average Bonchev–Trinajstić information content (AvgIpc) is 3.10. The number of hydrogen-bond donors (Lipinski definition) is 0. The number of anilines is 1. The Morgan fingerprint density at radius 3 is 2.84 bits per heavy atom. The molecular formula is C13H21N5O. The Morgan fingerprint density at radius 1 is 1.26 bits per heavy atom. The Morgan fingerprint density at radius 2 is 2.11 bits per heavy atom. The maximum Gasteiger partial charge on any atom is 0.245 e. The highest BCUT2D eigenvalue weighted by atomic mass is 16.5. The zero-order chi connectivity index (χ0) is 12.9. The molecule has 2 aliphatic heterocycles. The highest BCUT2D eigenvalue weighted by Gasteiger charge is 2.55. The van der Waals surface area contributed by atoms with E-state index in [1.807, 2.05) is 11.7 Å². The molecule has 1 saturated carbocycles. The minimum atomic E-state index is 0.450. The van der Waals surface area contributed by atoms with Gasteiger partial charge >= 0.3 is 0 Å². The molecule has 3 aliphatic rings. The van der Waals surface area contributed by atoms with Crippen molar-refractivity contribution in [3.8, 4) is 0 Å². The molecule has 0 N–H and O–H groups in total. The van der Waals surface area contributed by atoms with Crippen LogP contribution in [-0.4, -0.2) is 46.0 Å². The van der Waals surface area contributed by atoms with E-state index in [1.54, 1.807) is 0 Å². The number of rotatable bonds is 1. The van der Waals surface area contributed by atoms with E-state index in [9.17, 15) is 0 Å². The number of aromatic nitrogens is 4. The standard InChI is InChI=1S/C13H21N5O/c1-17-12(14-15-16-17)18-9-13(5-7-19-8-6-13)10-3-2-4-11(10)18/h10-11H,2-9H2,1H3/t10-,11+/m1/s1. The van der Waals surface area contributed by atoms with Crippen LogP contribution in [0.3, 0.4) is 0 Å². The predicted molar refractivity (Wildman–Crippen MR) is 69.8 cm³/mol. The summed E-state index contributed by atoms with van der Waals surface area (Å²) in [7, 11) is 1.94. The summed E-state index contributed by atoms with van der Waals surface area (Å²) >= 11 is 0. The second-order valence-corrected chi connectivity index (χ2v) is 6.31. The van der Waals surface area contributed by atoms with Gasteiger partial charge in [-0.2, -0.15) is 0 Å². The van der Waals surface area contributed by atoms with Crippen LogP contribution in [0.25, 0.3) is 0 Å². The smallest absolute Gasteiger partial charge is 0.245 e. The first-order chi connectivity index (χ1) is 9.30. The van der Waals surface area contributed by atoms with Gasteiger partial charge in [-0.05, 0) is 47.4 Å². The minimum absolute atomic E-state index is 0.450. The van der Waals surface area contributed by atoms with Crippen molar-refractivity contribution in [3.05, 3.63) is 0 Å². The van der Waals surface area contributed by atoms with E-state index in [0.717, 1.165) is 31.6 Å². The van der Waals surface area contributed by atoms with Gasteiger partial charge in [0.05, 0.1) is 0 Å². The van der Waals surface area contributed by atoms with Crippen LogP contribution in [0.15, 0.2) is 0 Å². The summed E-state index contributed by atoms with van der Waals surface area (Å²) in [6, 6.07) is 0.641. The van der Waals surface area contributed by atoms with Crippen LogP contribution in [0, 0.1) is 11.3 Å². The summed E-state index contributed by atoms with van der Waals surface area (Å²) in [5.74, 6) is 1.76. The van der Waals surface area contributed by atoms with Gasteiger partial charge in [0.25, 0.3) is 0 Å². The van der Waals surface area contributed by atoms with Gasteiger partial charge in [0.1, 0.15) is 0 Å². The van der Waals surface area contributed by atoms with Crippen molar-refractivity contribution in [2.75, 3.05) is 24.7 Å². The van der Waals surface area contributed by atoms with E-state index in [2.05, 4.69) is 20.4 Å². The number of aryl methyl sites for hydroxylation is 1. The quantitative estimate of drug-likeness (QED) is 0.756. The summed E-state index contributed by atoms with van der Waals surface area (Å²) in [6.45, 7) is 2.96. The van der Waals surface area contributed by atoms with E-state index in [1.165, 1.54) is 32.1 Å². The molecule has 6 heteroatoms. The second kappa shape index (κ2) is 4.16. The van der Waals surface area contributed by atoms with E-state index >= 15 is 0 Å². The molecular weight excluding hydrogens is 242 g/mol. The SMILES string of the molecule is Cn1nnnc1N1CC2(CCOCC2)[C@@H]2CCC[C@@H]21. The molecule has 1 aromatic rings. The third kappa shape index (κ3) is 1.62. The molecule has 6 nitrogen and oxygen atoms in total. The lowest BCUT2D eigenvalue weighted by Gasteiger charge is -2.37. The van der Waals surface area contributed by atoms with Gasteiger partial charge in [-0.25, -0.2) is 4.68 Å². The van der Waals surface area contributed by atoms with Crippen LogP contribution in [-0.2, 0) is 11.8 Å². The molecule has 4 rings (SSSR count). The van der Waals surface area contributed by atoms with Gasteiger partial charge in [-0.1, -0.05) is 11.5 Å². The maximum atomic E-state index is 5.59. The summed E-state index contributed by atoms with van der Waals surface area (Å²) in [5.41, 5.74) is 0.450. The van der Waals surface area contributed by atoms with E-state index in [0.29, 0.717) is 11.5 Å². The third-order valence-electron chi connectivity index (χ3n) is 5.49. The zero-order valence-electron chi connectivity index (χ0n) is 11.5. The van der Waals surface area contributed by atoms with Gasteiger partial charge in [0, 0.05) is 32.8 Å². The zero-order valence-corrected chi connectivity index (χ0v) is 11.5. The lowest BCUT2D eigenvalue weighted by Crippen LogP contribution is -2.37. The van der Waals surface area contributed by atoms with Crippen molar-refractivity contribution in [1.29, 1.82) is 0 Å². The molecule has 0 amide bonds. The summed E-state index contributed by atoms with van der Waals surface area (Å²) in [4.78, 5) is 2.48. The molecule has 2 saturated heterocycles. The van der Waals surface area contributed by atoms with Crippen molar-refractivity contribution in [1.82, 2.24) is 20.2 Å². The Balaban J connectivity index is 1.69. The van der Waals surface area contributed by atoms with Gasteiger partial charge in [-0.15, -0.1) is 0 Å². The van der Waals surface area contributed by atoms with Crippen molar-refractivity contribution >= 4 is 5.95 Å². The Kier molecular flexibility index (Phi) is 2.55. The molecule has 2 atom stereocenters. The molecule has 0 unspecified atom stereocenters. The molecule has 19 heavy (non-hydrogen) atoms. The summed E-state index contributed by atoms with van der Waals surface area (Å²) < 4.78 is 7.40. The first kappa shape index (κ1) is 11.6. The number of fused-ring (bicyclic) bond motifs is 2. The van der Waals surface area contributed by atoms with Crippen LogP contribution in [0.2, 0.25) is 0 Å². The highest BCUT2D eigenvalue weighted by Crippen LogP contribution is 2.54. The second-order valence-electron chi connectivity index (χ2n) is 6.31. The number of hydrogen-bond acceptors (Lipinski definition) is 5. The molecule has 0 bridgehead atoms. The van der Waals surface area contributed by atoms with Crippen LogP contribution in [0.4, 0.5) is 5.95 Å². The van der Waals surface area contributed by atoms with E-state index < -0.39 is 0 Å². The fourth-order valence-corrected chi connectivity index (χ4v) is 4.60. The van der Waals surface area contributed by atoms with Crippen LogP contribution in [0.1, 0.15) is 32.1 Å². The van der Waals surface area contributed by atoms with Crippen molar-refractivity contribution in [2.45, 2.75) is 38.1 Å². The maximum absolute atomic E-state index is 5.59. The van der Waals surface area contributed by atoms with E-state index in [4.69, 9.17) is 4.74 Å². The van der Waals surface area contributed by atoms with Gasteiger partial charge < -0.3 is 9.64 Å². The fourth-order valence-electron chi connectivity index (χ4n) is 4.60. The van der Waals surface area contributed by atoms with E-state index in [-0.39, 0.29) is 0 Å². The van der Waals surface area contributed by atoms with Gasteiger partial charge in [0.2, 0.25) is 5.95 Å². The van der Waals surface area contributed by atoms with Crippen molar-refractivity contribution in [2.24, 2.45) is 18.4 Å². The molecule has 3 fully saturated rings. The van der Waals surface area contributed by atoms with Gasteiger partial charge in [-0.3, -0.25) is 0 Å².